The minimum absolute atomic E-state index is 0.00383. The van der Waals surface area contributed by atoms with E-state index in [1.54, 1.807) is 14.9 Å². The van der Waals surface area contributed by atoms with Crippen molar-refractivity contribution in [3.63, 3.8) is 0 Å². The van der Waals surface area contributed by atoms with Gasteiger partial charge in [0.15, 0.2) is 11.3 Å². The van der Waals surface area contributed by atoms with Crippen LogP contribution < -0.4 is 15.2 Å². The van der Waals surface area contributed by atoms with E-state index in [1.807, 2.05) is 0 Å². The second kappa shape index (κ2) is 11.1. The van der Waals surface area contributed by atoms with E-state index in [9.17, 15) is 35.9 Å². The number of hydrogen-bond acceptors (Lipinski definition) is 8. The van der Waals surface area contributed by atoms with E-state index in [1.165, 1.54) is 6.92 Å². The minimum Gasteiger partial charge on any atom is -0.486 e. The number of carbonyl (C=O) groups excluding carboxylic acids is 1. The van der Waals surface area contributed by atoms with Crippen LogP contribution in [0.1, 0.15) is 24.5 Å². The van der Waals surface area contributed by atoms with Gasteiger partial charge in [0.2, 0.25) is 11.9 Å². The summed E-state index contributed by atoms with van der Waals surface area (Å²) < 4.78 is 87.6. The zero-order chi connectivity index (χ0) is 26.5. The lowest BCUT2D eigenvalue weighted by molar-refractivity contribution is -0.141. The van der Waals surface area contributed by atoms with Crippen LogP contribution in [0.25, 0.3) is 0 Å². The monoisotopic (exact) mass is 524 g/mol. The third-order valence-electron chi connectivity index (χ3n) is 5.13. The van der Waals surface area contributed by atoms with Gasteiger partial charge in [-0.15, -0.1) is 0 Å². The Morgan fingerprint density at radius 2 is 1.69 bits per heavy atom. The zero-order valence-electron chi connectivity index (χ0n) is 18.9. The predicted octanol–water partition coefficient (Wildman–Crippen LogP) is 2.12. The first-order valence-corrected chi connectivity index (χ1v) is 10.7. The second-order valence-electron chi connectivity index (χ2n) is 7.83. The van der Waals surface area contributed by atoms with Crippen molar-refractivity contribution in [1.29, 1.82) is 0 Å². The molecule has 1 saturated heterocycles. The van der Waals surface area contributed by atoms with Crippen molar-refractivity contribution < 1.29 is 40.6 Å². The fourth-order valence-electron chi connectivity index (χ4n) is 3.34. The SMILES string of the molecule is C[C@@H](COCCC(=O)N1CCN(c2ncc(C(F)(F)F)cn2)CC1)Oc1cn[nH]c(=O)c1C(F)(F)F. The molecule has 1 N–H and O–H groups in total. The second-order valence-corrected chi connectivity index (χ2v) is 7.83. The molecule has 0 aromatic carbocycles. The molecule has 1 aliphatic rings. The number of nitrogens with zero attached hydrogens (tertiary/aromatic N) is 5. The van der Waals surface area contributed by atoms with Gasteiger partial charge in [0.05, 0.1) is 31.4 Å². The van der Waals surface area contributed by atoms with E-state index >= 15 is 0 Å². The Kier molecular flexibility index (Phi) is 8.37. The average Bonchev–Trinajstić information content (AvgIpc) is 2.80. The summed E-state index contributed by atoms with van der Waals surface area (Å²) >= 11 is 0. The lowest BCUT2D eigenvalue weighted by Crippen LogP contribution is -2.49. The first-order valence-electron chi connectivity index (χ1n) is 10.7. The first kappa shape index (κ1) is 27.2. The van der Waals surface area contributed by atoms with E-state index in [0.717, 1.165) is 6.20 Å². The van der Waals surface area contributed by atoms with E-state index in [2.05, 4.69) is 15.1 Å². The number of aromatic amines is 1. The highest BCUT2D eigenvalue weighted by Gasteiger charge is 2.38. The van der Waals surface area contributed by atoms with Gasteiger partial charge in [0, 0.05) is 38.6 Å². The Labute approximate surface area is 200 Å². The highest BCUT2D eigenvalue weighted by atomic mass is 19.4. The maximum Gasteiger partial charge on any atom is 0.425 e. The number of halogens is 6. The molecule has 0 spiro atoms. The van der Waals surface area contributed by atoms with Gasteiger partial charge in [0.1, 0.15) is 6.10 Å². The third kappa shape index (κ3) is 7.05. The minimum atomic E-state index is -4.93. The maximum atomic E-state index is 13.1. The molecule has 2 aromatic heterocycles. The fourth-order valence-corrected chi connectivity index (χ4v) is 3.34. The third-order valence-corrected chi connectivity index (χ3v) is 5.13. The number of anilines is 1. The van der Waals surface area contributed by atoms with E-state index in [4.69, 9.17) is 9.47 Å². The van der Waals surface area contributed by atoms with Crippen molar-refractivity contribution in [2.45, 2.75) is 31.8 Å². The van der Waals surface area contributed by atoms with Gasteiger partial charge >= 0.3 is 12.4 Å². The Balaban J connectivity index is 1.40. The summed E-state index contributed by atoms with van der Waals surface area (Å²) in [5.41, 5.74) is -3.88. The normalized spacial score (nSPS) is 15.6. The number of amides is 1. The maximum absolute atomic E-state index is 13.1. The first-order chi connectivity index (χ1) is 16.9. The van der Waals surface area contributed by atoms with E-state index in [0.29, 0.717) is 38.6 Å². The van der Waals surface area contributed by atoms with Crippen LogP contribution in [0.3, 0.4) is 0 Å². The molecule has 3 heterocycles. The molecule has 1 atom stereocenters. The van der Waals surface area contributed by atoms with Crippen molar-refractivity contribution in [1.82, 2.24) is 25.1 Å². The van der Waals surface area contributed by atoms with Crippen LogP contribution in [0.5, 0.6) is 5.75 Å². The molecule has 10 nitrogen and oxygen atoms in total. The van der Waals surface area contributed by atoms with Crippen molar-refractivity contribution >= 4 is 11.9 Å². The topological polar surface area (TPSA) is 114 Å². The Hall–Kier alpha value is -3.43. The summed E-state index contributed by atoms with van der Waals surface area (Å²) in [7, 11) is 0. The van der Waals surface area contributed by atoms with Gasteiger partial charge in [-0.3, -0.25) is 9.59 Å². The van der Waals surface area contributed by atoms with Gasteiger partial charge in [0.25, 0.3) is 5.56 Å². The van der Waals surface area contributed by atoms with Crippen molar-refractivity contribution in [2.75, 3.05) is 44.3 Å². The molecule has 0 saturated carbocycles. The van der Waals surface area contributed by atoms with Gasteiger partial charge in [-0.05, 0) is 6.92 Å². The molecule has 1 fully saturated rings. The number of rotatable bonds is 8. The molecule has 2 aromatic rings. The van der Waals surface area contributed by atoms with Gasteiger partial charge in [-0.1, -0.05) is 0 Å². The van der Waals surface area contributed by atoms with Crippen LogP contribution in [-0.2, 0) is 21.9 Å². The van der Waals surface area contributed by atoms with Crippen molar-refractivity contribution in [3.8, 4) is 5.75 Å². The number of ether oxygens (including phenoxy) is 2. The molecule has 198 valence electrons. The molecular formula is C20H22F6N6O4. The van der Waals surface area contributed by atoms with Crippen LogP contribution in [0.4, 0.5) is 32.3 Å². The molecular weight excluding hydrogens is 502 g/mol. The number of aromatic nitrogens is 4. The highest BCUT2D eigenvalue weighted by molar-refractivity contribution is 5.76. The number of alkyl halides is 6. The van der Waals surface area contributed by atoms with E-state index < -0.39 is 40.9 Å². The lowest BCUT2D eigenvalue weighted by atomic mass is 10.2. The van der Waals surface area contributed by atoms with Crippen molar-refractivity contribution in [3.05, 3.63) is 40.1 Å². The molecule has 36 heavy (non-hydrogen) atoms. The fraction of sp³-hybridized carbons (Fsp3) is 0.550. The van der Waals surface area contributed by atoms with E-state index in [-0.39, 0.29) is 31.5 Å². The smallest absolute Gasteiger partial charge is 0.425 e. The molecule has 1 amide bonds. The molecule has 3 rings (SSSR count). The Morgan fingerprint density at radius 3 is 2.28 bits per heavy atom. The van der Waals surface area contributed by atoms with Gasteiger partial charge in [-0.2, -0.15) is 31.4 Å². The standard InChI is InChI=1S/C20H22F6N6O4/c1-12(36-14-10-29-30-17(34)16(14)20(24,25)26)11-35-7-2-15(33)31-3-5-32(6-4-31)18-27-8-13(9-28-18)19(21,22)23/h8-10,12H,2-7,11H2,1H3,(H,30,34)/t12-/m0/s1. The van der Waals surface area contributed by atoms with Gasteiger partial charge < -0.3 is 19.3 Å². The molecule has 0 aliphatic carbocycles. The van der Waals surface area contributed by atoms with Crippen molar-refractivity contribution in [2.24, 2.45) is 0 Å². The quantitative estimate of drug-likeness (QED) is 0.413. The highest BCUT2D eigenvalue weighted by Crippen LogP contribution is 2.33. The largest absolute Gasteiger partial charge is 0.486 e. The summed E-state index contributed by atoms with van der Waals surface area (Å²) in [6.07, 6.45) is -8.15. The summed E-state index contributed by atoms with van der Waals surface area (Å²) in [6, 6.07) is 0. The molecule has 16 heteroatoms. The number of H-pyrrole nitrogens is 1. The Bertz CT molecular complexity index is 1080. The van der Waals surface area contributed by atoms with Crippen LogP contribution >= 0.6 is 0 Å². The lowest BCUT2D eigenvalue weighted by Gasteiger charge is -2.34. The number of hydrogen-bond donors (Lipinski definition) is 1. The summed E-state index contributed by atoms with van der Waals surface area (Å²) in [5.74, 6) is -0.820. The van der Waals surface area contributed by atoms with Crippen LogP contribution in [-0.4, -0.2) is 76.5 Å². The zero-order valence-corrected chi connectivity index (χ0v) is 18.9. The molecule has 1 aliphatic heterocycles. The number of carbonyl (C=O) groups is 1. The molecule has 0 radical (unpaired) electrons. The van der Waals surface area contributed by atoms with Gasteiger partial charge in [-0.25, -0.2) is 15.1 Å². The summed E-state index contributed by atoms with van der Waals surface area (Å²) in [5, 5.41) is 5.02. The summed E-state index contributed by atoms with van der Waals surface area (Å²) in [4.78, 5) is 34.6. The van der Waals surface area contributed by atoms with Crippen LogP contribution in [0, 0.1) is 0 Å². The van der Waals surface area contributed by atoms with Crippen LogP contribution in [0.2, 0.25) is 0 Å². The number of nitrogens with one attached hydrogen (secondary N) is 1. The van der Waals surface area contributed by atoms with Crippen LogP contribution in [0.15, 0.2) is 23.4 Å². The predicted molar refractivity (Wildman–Crippen MR) is 111 cm³/mol. The number of piperazine rings is 1. The molecule has 0 unspecified atom stereocenters. The Morgan fingerprint density at radius 1 is 1.06 bits per heavy atom. The summed E-state index contributed by atoms with van der Waals surface area (Å²) in [6.45, 7) is 2.54. The molecule has 0 bridgehead atoms. The average molecular weight is 524 g/mol.